The van der Waals surface area contributed by atoms with Crippen LogP contribution in [-0.2, 0) is 9.47 Å². The molecule has 1 aromatic heterocycles. The van der Waals surface area contributed by atoms with Crippen LogP contribution >= 0.6 is 0 Å². The lowest BCUT2D eigenvalue weighted by molar-refractivity contribution is -0.142. The highest BCUT2D eigenvalue weighted by atomic mass is 19.3. The maximum Gasteiger partial charge on any atom is 0.351 e. The lowest BCUT2D eigenvalue weighted by Gasteiger charge is -2.24. The number of nitrogens with zero attached hydrogens (tertiary/aromatic N) is 2. The fraction of sp³-hybridized carbons (Fsp3) is 0.308. The topological polar surface area (TPSA) is 126 Å². The molecule has 2 aromatic carbocycles. The molecule has 11 heteroatoms. The molecule has 1 saturated heterocycles. The first kappa shape index (κ1) is 26.1. The Labute approximate surface area is 211 Å². The van der Waals surface area contributed by atoms with Crippen LogP contribution in [0.5, 0.6) is 0 Å². The molecule has 3 aromatic rings. The third kappa shape index (κ3) is 5.13. The molecule has 9 nitrogen and oxygen atoms in total. The van der Waals surface area contributed by atoms with Gasteiger partial charge in [0.2, 0.25) is 6.23 Å². The standard InChI is InChI=1S/C26H26F2N4O5/c1-14-11-15(2)20(16(3)12-14)23(34)37-21-18(13-29)36-24(26(21,27)28)32-10-9-19(31-25(32)35)30-22(33)17-7-5-4-6-8-17/h4-12,18,21,24H,13,29H2,1-3H3,(H,30,31,33,35)/t18-,21-,24?/m1/s1. The summed E-state index contributed by atoms with van der Waals surface area (Å²) in [6.07, 6.45) is -4.52. The molecule has 1 aliphatic heterocycles. The molecule has 0 aliphatic carbocycles. The van der Waals surface area contributed by atoms with Gasteiger partial charge in [0.25, 0.3) is 5.91 Å². The molecule has 194 valence electrons. The van der Waals surface area contributed by atoms with Gasteiger partial charge in [0, 0.05) is 18.3 Å². The second kappa shape index (κ2) is 10.2. The molecule has 4 rings (SSSR count). The number of alkyl halides is 2. The van der Waals surface area contributed by atoms with Crippen LogP contribution in [0.25, 0.3) is 0 Å². The van der Waals surface area contributed by atoms with Crippen molar-refractivity contribution < 1.29 is 27.8 Å². The van der Waals surface area contributed by atoms with E-state index in [2.05, 4.69) is 10.3 Å². The van der Waals surface area contributed by atoms with E-state index in [0.717, 1.165) is 11.8 Å². The normalized spacial score (nSPS) is 20.4. The summed E-state index contributed by atoms with van der Waals surface area (Å²) in [4.78, 5) is 41.6. The Morgan fingerprint density at radius 2 is 1.78 bits per heavy atom. The van der Waals surface area contributed by atoms with E-state index in [1.807, 2.05) is 6.92 Å². The van der Waals surface area contributed by atoms with Crippen LogP contribution in [0.1, 0.15) is 43.6 Å². The predicted octanol–water partition coefficient (Wildman–Crippen LogP) is 3.14. The molecule has 0 bridgehead atoms. The molecule has 1 unspecified atom stereocenters. The third-order valence-electron chi connectivity index (χ3n) is 6.06. The number of hydrogen-bond donors (Lipinski definition) is 2. The van der Waals surface area contributed by atoms with Crippen molar-refractivity contribution in [1.29, 1.82) is 0 Å². The molecule has 1 amide bonds. The Kier molecular flexibility index (Phi) is 7.19. The largest absolute Gasteiger partial charge is 0.449 e. The lowest BCUT2D eigenvalue weighted by atomic mass is 10.00. The smallest absolute Gasteiger partial charge is 0.351 e. The number of halogens is 2. The monoisotopic (exact) mass is 512 g/mol. The molecule has 0 saturated carbocycles. The number of rotatable bonds is 6. The van der Waals surface area contributed by atoms with E-state index in [9.17, 15) is 14.4 Å². The van der Waals surface area contributed by atoms with Crippen molar-refractivity contribution in [2.75, 3.05) is 11.9 Å². The van der Waals surface area contributed by atoms with Crippen LogP contribution in [-0.4, -0.2) is 46.1 Å². The number of esters is 1. The number of ether oxygens (including phenoxy) is 2. The van der Waals surface area contributed by atoms with Crippen molar-refractivity contribution in [3.63, 3.8) is 0 Å². The zero-order chi connectivity index (χ0) is 26.9. The first-order valence-electron chi connectivity index (χ1n) is 11.5. The van der Waals surface area contributed by atoms with E-state index >= 15 is 8.78 Å². The van der Waals surface area contributed by atoms with E-state index in [0.29, 0.717) is 21.3 Å². The number of aryl methyl sites for hydroxylation is 3. The number of hydrogen-bond acceptors (Lipinski definition) is 7. The summed E-state index contributed by atoms with van der Waals surface area (Å²) in [5.41, 5.74) is 7.14. The van der Waals surface area contributed by atoms with Gasteiger partial charge in [-0.1, -0.05) is 35.9 Å². The van der Waals surface area contributed by atoms with E-state index in [1.54, 1.807) is 56.3 Å². The quantitative estimate of drug-likeness (QED) is 0.486. The third-order valence-corrected chi connectivity index (χ3v) is 6.06. The number of carbonyl (C=O) groups is 2. The Morgan fingerprint density at radius 1 is 1.14 bits per heavy atom. The number of benzene rings is 2. The summed E-state index contributed by atoms with van der Waals surface area (Å²) in [6.45, 7) is 4.84. The fourth-order valence-corrected chi connectivity index (χ4v) is 4.42. The Morgan fingerprint density at radius 3 is 2.38 bits per heavy atom. The molecule has 1 aliphatic rings. The van der Waals surface area contributed by atoms with Crippen LogP contribution in [0.3, 0.4) is 0 Å². The van der Waals surface area contributed by atoms with E-state index in [4.69, 9.17) is 15.2 Å². The van der Waals surface area contributed by atoms with Gasteiger partial charge in [-0.05, 0) is 50.1 Å². The molecule has 3 N–H and O–H groups in total. The molecule has 0 spiro atoms. The van der Waals surface area contributed by atoms with Crippen LogP contribution in [0.15, 0.2) is 59.5 Å². The zero-order valence-electron chi connectivity index (χ0n) is 20.4. The Balaban J connectivity index is 1.57. The van der Waals surface area contributed by atoms with Crippen LogP contribution in [0, 0.1) is 20.8 Å². The molecule has 0 radical (unpaired) electrons. The van der Waals surface area contributed by atoms with Crippen LogP contribution < -0.4 is 16.7 Å². The highest BCUT2D eigenvalue weighted by Gasteiger charge is 2.62. The van der Waals surface area contributed by atoms with Crippen molar-refractivity contribution in [1.82, 2.24) is 9.55 Å². The summed E-state index contributed by atoms with van der Waals surface area (Å²) in [6, 6.07) is 12.9. The minimum Gasteiger partial charge on any atom is -0.449 e. The van der Waals surface area contributed by atoms with Crippen molar-refractivity contribution in [2.24, 2.45) is 5.73 Å². The maximum atomic E-state index is 15.5. The summed E-state index contributed by atoms with van der Waals surface area (Å²) in [5.74, 6) is -5.40. The van der Waals surface area contributed by atoms with E-state index in [-0.39, 0.29) is 17.9 Å². The van der Waals surface area contributed by atoms with Gasteiger partial charge in [-0.25, -0.2) is 9.59 Å². The van der Waals surface area contributed by atoms with Gasteiger partial charge in [-0.15, -0.1) is 0 Å². The fourth-order valence-electron chi connectivity index (χ4n) is 4.42. The second-order valence-corrected chi connectivity index (χ2v) is 8.86. The average molecular weight is 513 g/mol. The minimum absolute atomic E-state index is 0.125. The van der Waals surface area contributed by atoms with Crippen molar-refractivity contribution in [3.8, 4) is 0 Å². The van der Waals surface area contributed by atoms with Gasteiger partial charge in [-0.3, -0.25) is 9.36 Å². The molecular formula is C26H26F2N4O5. The highest BCUT2D eigenvalue weighted by Crippen LogP contribution is 2.44. The maximum absolute atomic E-state index is 15.5. The molecular weight excluding hydrogens is 486 g/mol. The summed E-state index contributed by atoms with van der Waals surface area (Å²) in [5, 5.41) is 2.44. The summed E-state index contributed by atoms with van der Waals surface area (Å²) < 4.78 is 42.3. The SMILES string of the molecule is Cc1cc(C)c(C(=O)O[C@@H]2[C@@H](CN)OC(n3ccc(NC(=O)c4ccccc4)nc3=O)C2(F)F)c(C)c1. The second-order valence-electron chi connectivity index (χ2n) is 8.86. The zero-order valence-corrected chi connectivity index (χ0v) is 20.4. The van der Waals surface area contributed by atoms with E-state index < -0.39 is 41.9 Å². The first-order chi connectivity index (χ1) is 17.5. The van der Waals surface area contributed by atoms with Gasteiger partial charge >= 0.3 is 17.6 Å². The number of anilines is 1. The van der Waals surface area contributed by atoms with Gasteiger partial charge in [0.05, 0.1) is 5.56 Å². The molecule has 2 heterocycles. The first-order valence-corrected chi connectivity index (χ1v) is 11.5. The molecule has 1 fully saturated rings. The van der Waals surface area contributed by atoms with Crippen LogP contribution in [0.4, 0.5) is 14.6 Å². The van der Waals surface area contributed by atoms with Gasteiger partial charge in [0.15, 0.2) is 6.10 Å². The van der Waals surface area contributed by atoms with Crippen molar-refractivity contribution >= 4 is 17.7 Å². The molecule has 3 atom stereocenters. The number of amides is 1. The van der Waals surface area contributed by atoms with Crippen LogP contribution in [0.2, 0.25) is 0 Å². The summed E-state index contributed by atoms with van der Waals surface area (Å²) >= 11 is 0. The average Bonchev–Trinajstić information content (AvgIpc) is 3.08. The number of aromatic nitrogens is 2. The number of carbonyl (C=O) groups excluding carboxylic acids is 2. The predicted molar refractivity (Wildman–Crippen MR) is 131 cm³/mol. The van der Waals surface area contributed by atoms with Gasteiger partial charge in [0.1, 0.15) is 11.9 Å². The van der Waals surface area contributed by atoms with Crippen molar-refractivity contribution in [3.05, 3.63) is 93.0 Å². The van der Waals surface area contributed by atoms with Gasteiger partial charge < -0.3 is 20.5 Å². The van der Waals surface area contributed by atoms with E-state index in [1.165, 1.54) is 6.07 Å². The lowest BCUT2D eigenvalue weighted by Crippen LogP contribution is -2.45. The van der Waals surface area contributed by atoms with Gasteiger partial charge in [-0.2, -0.15) is 13.8 Å². The Hall–Kier alpha value is -3.96. The Bertz CT molecular complexity index is 1370. The highest BCUT2D eigenvalue weighted by molar-refractivity contribution is 6.03. The minimum atomic E-state index is -3.81. The van der Waals surface area contributed by atoms with Crippen molar-refractivity contribution in [2.45, 2.75) is 45.1 Å². The molecule has 37 heavy (non-hydrogen) atoms. The summed E-state index contributed by atoms with van der Waals surface area (Å²) in [7, 11) is 0. The number of nitrogens with one attached hydrogen (secondary N) is 1. The number of nitrogens with two attached hydrogens (primary N) is 1.